The van der Waals surface area contributed by atoms with E-state index in [0.29, 0.717) is 11.1 Å². The molecule has 17 heavy (non-hydrogen) atoms. The van der Waals surface area contributed by atoms with E-state index in [0.717, 1.165) is 0 Å². The van der Waals surface area contributed by atoms with Gasteiger partial charge >= 0.3 is 0 Å². The Morgan fingerprint density at radius 3 is 1.65 bits per heavy atom. The summed E-state index contributed by atoms with van der Waals surface area (Å²) in [4.78, 5) is 23.8. The average Bonchev–Trinajstić information content (AvgIpc) is 2.13. The largest absolute Gasteiger partial charge is 0.295 e. The third kappa shape index (κ3) is 3.99. The lowest BCUT2D eigenvalue weighted by atomic mass is 9.58. The zero-order chi connectivity index (χ0) is 14.0. The van der Waals surface area contributed by atoms with E-state index in [-0.39, 0.29) is 18.0 Å². The Bertz CT molecular complexity index is 340. The molecule has 0 spiro atoms. The monoisotopic (exact) mass is 232 g/mol. The molecule has 2 nitrogen and oxygen atoms in total. The summed E-state index contributed by atoms with van der Waals surface area (Å²) in [6, 6.07) is 0. The summed E-state index contributed by atoms with van der Waals surface area (Å²) in [7, 11) is 5.99. The molecule has 0 fully saturated rings. The van der Waals surface area contributed by atoms with Gasteiger partial charge < -0.3 is 0 Å². The minimum atomic E-state index is -1.07. The van der Waals surface area contributed by atoms with E-state index in [9.17, 15) is 9.59 Å². The van der Waals surface area contributed by atoms with Crippen molar-refractivity contribution in [2.24, 2.45) is 5.41 Å². The molecule has 2 radical (unpaired) electrons. The first-order chi connectivity index (χ1) is 7.42. The van der Waals surface area contributed by atoms with Crippen molar-refractivity contribution < 1.29 is 9.59 Å². The summed E-state index contributed by atoms with van der Waals surface area (Å²) in [6.45, 7) is 15.7. The highest BCUT2D eigenvalue weighted by atomic mass is 16.1. The molecule has 0 heterocycles. The number of Topliss-reactive ketones (excluding diaryl/α,β-unsaturated/α-hetero) is 2. The van der Waals surface area contributed by atoms with Gasteiger partial charge in [0, 0.05) is 5.41 Å². The Morgan fingerprint density at radius 2 is 1.35 bits per heavy atom. The maximum absolute atomic E-state index is 11.9. The molecule has 3 heteroatoms. The molecule has 0 amide bonds. The number of rotatable bonds is 6. The van der Waals surface area contributed by atoms with Gasteiger partial charge in [-0.3, -0.25) is 9.59 Å². The number of hydrogen-bond donors (Lipinski definition) is 0. The summed E-state index contributed by atoms with van der Waals surface area (Å²) < 4.78 is 0. The van der Waals surface area contributed by atoms with Crippen molar-refractivity contribution in [3.05, 3.63) is 24.3 Å². The highest BCUT2D eigenvalue weighted by Gasteiger charge is 2.38. The number of carbonyl (C=O) groups excluding carboxylic acids is 2. The molecule has 0 bridgehead atoms. The topological polar surface area (TPSA) is 34.1 Å². The van der Waals surface area contributed by atoms with E-state index < -0.39 is 10.7 Å². The van der Waals surface area contributed by atoms with Crippen LogP contribution < -0.4 is 0 Å². The Morgan fingerprint density at radius 1 is 1.00 bits per heavy atom. The van der Waals surface area contributed by atoms with Crippen molar-refractivity contribution in [2.45, 2.75) is 46.4 Å². The molecule has 1 atom stereocenters. The summed E-state index contributed by atoms with van der Waals surface area (Å²) in [5.41, 5.74) is 0.197. The second-order valence-electron chi connectivity index (χ2n) is 5.70. The molecule has 0 saturated carbocycles. The van der Waals surface area contributed by atoms with Crippen LogP contribution in [0.3, 0.4) is 0 Å². The summed E-state index contributed by atoms with van der Waals surface area (Å²) >= 11 is 0. The molecule has 0 aliphatic rings. The average molecular weight is 232 g/mol. The lowest BCUT2D eigenvalue weighted by molar-refractivity contribution is -0.125. The minimum absolute atomic E-state index is 0.0660. The predicted molar refractivity (Wildman–Crippen MR) is 72.2 cm³/mol. The quantitative estimate of drug-likeness (QED) is 0.521. The summed E-state index contributed by atoms with van der Waals surface area (Å²) in [6.07, 6.45) is 0.275. The van der Waals surface area contributed by atoms with E-state index in [1.54, 1.807) is 34.6 Å². The Labute approximate surface area is 106 Å². The number of ketones is 2. The second-order valence-corrected chi connectivity index (χ2v) is 5.70. The molecule has 0 N–H and O–H groups in total. The molecule has 0 aromatic carbocycles. The van der Waals surface area contributed by atoms with Crippen LogP contribution in [0.15, 0.2) is 24.3 Å². The Balaban J connectivity index is 5.06. The lowest BCUT2D eigenvalue weighted by Gasteiger charge is -2.33. The minimum Gasteiger partial charge on any atom is -0.295 e. The molecule has 0 aromatic rings. The van der Waals surface area contributed by atoms with Gasteiger partial charge in [-0.1, -0.05) is 33.9 Å². The maximum Gasteiger partial charge on any atom is 0.163 e. The van der Waals surface area contributed by atoms with Crippen molar-refractivity contribution >= 4 is 19.4 Å². The number of allylic oxidation sites excluding steroid dienone is 2. The van der Waals surface area contributed by atoms with Gasteiger partial charge in [0.15, 0.2) is 11.6 Å². The van der Waals surface area contributed by atoms with Gasteiger partial charge in [0.2, 0.25) is 0 Å². The normalized spacial score (nSPS) is 14.9. The highest BCUT2D eigenvalue weighted by molar-refractivity contribution is 6.31. The van der Waals surface area contributed by atoms with Crippen LogP contribution in [-0.4, -0.2) is 19.4 Å². The first-order valence-electron chi connectivity index (χ1n) is 5.61. The van der Waals surface area contributed by atoms with Crippen LogP contribution in [0.5, 0.6) is 0 Å². The first-order valence-corrected chi connectivity index (χ1v) is 5.61. The molecular weight excluding hydrogens is 211 g/mol. The van der Waals surface area contributed by atoms with Crippen LogP contribution in [0.4, 0.5) is 0 Å². The van der Waals surface area contributed by atoms with Crippen LogP contribution in [-0.2, 0) is 9.59 Å². The van der Waals surface area contributed by atoms with E-state index in [1.807, 2.05) is 0 Å². The molecular formula is C14H21BO2. The molecule has 0 aliphatic heterocycles. The number of carbonyl (C=O) groups is 2. The van der Waals surface area contributed by atoms with Gasteiger partial charge in [-0.05, 0) is 36.7 Å². The lowest BCUT2D eigenvalue weighted by Crippen LogP contribution is -2.33. The van der Waals surface area contributed by atoms with E-state index in [1.165, 1.54) is 0 Å². The van der Waals surface area contributed by atoms with E-state index >= 15 is 0 Å². The van der Waals surface area contributed by atoms with Crippen LogP contribution in [0.25, 0.3) is 0 Å². The van der Waals surface area contributed by atoms with Gasteiger partial charge in [0.1, 0.15) is 0 Å². The molecule has 0 saturated heterocycles. The van der Waals surface area contributed by atoms with Crippen LogP contribution >= 0.6 is 0 Å². The SMILES string of the molecule is [B]C(C)(CC(C)(C)C(=O)C(=C)C)C(=O)C(=C)C. The van der Waals surface area contributed by atoms with Gasteiger partial charge in [-0.25, -0.2) is 0 Å². The van der Waals surface area contributed by atoms with Crippen molar-refractivity contribution in [1.82, 2.24) is 0 Å². The fourth-order valence-corrected chi connectivity index (χ4v) is 2.14. The van der Waals surface area contributed by atoms with Crippen molar-refractivity contribution in [3.63, 3.8) is 0 Å². The van der Waals surface area contributed by atoms with Gasteiger partial charge in [0.25, 0.3) is 0 Å². The first kappa shape index (κ1) is 15.9. The third-order valence-corrected chi connectivity index (χ3v) is 2.72. The van der Waals surface area contributed by atoms with E-state index in [4.69, 9.17) is 7.85 Å². The summed E-state index contributed by atoms with van der Waals surface area (Å²) in [5.74, 6) is -0.274. The number of hydrogen-bond acceptors (Lipinski definition) is 2. The van der Waals surface area contributed by atoms with Gasteiger partial charge in [-0.15, -0.1) is 0 Å². The van der Waals surface area contributed by atoms with Crippen molar-refractivity contribution in [2.75, 3.05) is 0 Å². The molecule has 0 aliphatic carbocycles. The summed E-state index contributed by atoms with van der Waals surface area (Å²) in [5, 5.41) is -1.07. The zero-order valence-electron chi connectivity index (χ0n) is 11.5. The molecule has 92 valence electrons. The third-order valence-electron chi connectivity index (χ3n) is 2.72. The van der Waals surface area contributed by atoms with Crippen molar-refractivity contribution in [3.8, 4) is 0 Å². The molecule has 0 aromatic heterocycles. The van der Waals surface area contributed by atoms with E-state index in [2.05, 4.69) is 13.2 Å². The molecule has 1 unspecified atom stereocenters. The van der Waals surface area contributed by atoms with Crippen LogP contribution in [0.2, 0.25) is 5.31 Å². The maximum atomic E-state index is 11.9. The fourth-order valence-electron chi connectivity index (χ4n) is 2.14. The highest BCUT2D eigenvalue weighted by Crippen LogP contribution is 2.40. The van der Waals surface area contributed by atoms with Crippen LogP contribution in [0.1, 0.15) is 41.0 Å². The van der Waals surface area contributed by atoms with Gasteiger partial charge in [0.05, 0.1) is 7.85 Å². The van der Waals surface area contributed by atoms with Crippen LogP contribution in [0, 0.1) is 5.41 Å². The smallest absolute Gasteiger partial charge is 0.163 e. The fraction of sp³-hybridized carbons (Fsp3) is 0.571. The molecule has 0 rings (SSSR count). The predicted octanol–water partition coefficient (Wildman–Crippen LogP) is 3.04. The zero-order valence-corrected chi connectivity index (χ0v) is 11.5. The standard InChI is InChI=1S/C14H21BO2/c1-9(2)11(16)13(5,6)8-14(7,15)12(17)10(3)4/h1,3,8H2,2,4-7H3. The van der Waals surface area contributed by atoms with Crippen molar-refractivity contribution in [1.29, 1.82) is 0 Å². The second kappa shape index (κ2) is 5.03. The Kier molecular flexibility index (Phi) is 4.70. The Hall–Kier alpha value is -1.12. The van der Waals surface area contributed by atoms with Gasteiger partial charge in [-0.2, -0.15) is 0 Å².